The third kappa shape index (κ3) is 4.28. The van der Waals surface area contributed by atoms with Gasteiger partial charge in [0, 0.05) is 12.6 Å². The molecule has 4 heteroatoms. The molecule has 0 radical (unpaired) electrons. The van der Waals surface area contributed by atoms with Crippen LogP contribution in [-0.2, 0) is 9.53 Å². The first kappa shape index (κ1) is 14.5. The van der Waals surface area contributed by atoms with Crippen LogP contribution in [0.25, 0.3) is 0 Å². The molecule has 1 heterocycles. The number of likely N-dealkylation sites (N-methyl/N-ethyl adjacent to an activating group) is 1. The van der Waals surface area contributed by atoms with Crippen molar-refractivity contribution in [2.45, 2.75) is 51.6 Å². The van der Waals surface area contributed by atoms with Gasteiger partial charge in [-0.05, 0) is 39.8 Å². The van der Waals surface area contributed by atoms with Crippen LogP contribution in [0.3, 0.4) is 0 Å². The molecule has 2 unspecified atom stereocenters. The van der Waals surface area contributed by atoms with E-state index < -0.39 is 0 Å². The molecule has 1 N–H and O–H groups in total. The second kappa shape index (κ2) is 7.67. The summed E-state index contributed by atoms with van der Waals surface area (Å²) in [6.07, 6.45) is 4.99. The van der Waals surface area contributed by atoms with Crippen molar-refractivity contribution >= 4 is 5.97 Å². The van der Waals surface area contributed by atoms with Crippen molar-refractivity contribution in [2.75, 3.05) is 26.7 Å². The predicted molar refractivity (Wildman–Crippen MR) is 69.0 cm³/mol. The lowest BCUT2D eigenvalue weighted by Crippen LogP contribution is -2.50. The summed E-state index contributed by atoms with van der Waals surface area (Å²) in [5.41, 5.74) is 0. The molecule has 1 rings (SSSR count). The zero-order chi connectivity index (χ0) is 12.7. The Morgan fingerprint density at radius 3 is 2.82 bits per heavy atom. The summed E-state index contributed by atoms with van der Waals surface area (Å²) < 4.78 is 5.08. The number of hydrogen-bond acceptors (Lipinski definition) is 4. The molecule has 0 spiro atoms. The molecule has 1 aliphatic heterocycles. The summed E-state index contributed by atoms with van der Waals surface area (Å²) in [4.78, 5) is 14.2. The van der Waals surface area contributed by atoms with Crippen molar-refractivity contribution in [3.8, 4) is 0 Å². The number of carbonyl (C=O) groups is 1. The zero-order valence-electron chi connectivity index (χ0n) is 11.4. The van der Waals surface area contributed by atoms with Gasteiger partial charge in [0.05, 0.1) is 6.61 Å². The summed E-state index contributed by atoms with van der Waals surface area (Å²) in [5.74, 6) is -0.129. The van der Waals surface area contributed by atoms with Crippen LogP contribution >= 0.6 is 0 Å². The first-order valence-corrected chi connectivity index (χ1v) is 6.80. The van der Waals surface area contributed by atoms with Crippen LogP contribution in [0.1, 0.15) is 39.5 Å². The molecule has 1 aliphatic rings. The quantitative estimate of drug-likeness (QED) is 0.715. The van der Waals surface area contributed by atoms with Crippen molar-refractivity contribution in [1.82, 2.24) is 10.2 Å². The molecule has 0 aromatic rings. The van der Waals surface area contributed by atoms with Crippen molar-refractivity contribution < 1.29 is 9.53 Å². The van der Waals surface area contributed by atoms with E-state index >= 15 is 0 Å². The molecule has 17 heavy (non-hydrogen) atoms. The van der Waals surface area contributed by atoms with E-state index in [0.29, 0.717) is 12.6 Å². The summed E-state index contributed by atoms with van der Waals surface area (Å²) in [6, 6.07) is 0.441. The van der Waals surface area contributed by atoms with Gasteiger partial charge in [-0.1, -0.05) is 13.3 Å². The van der Waals surface area contributed by atoms with Crippen LogP contribution in [0.2, 0.25) is 0 Å². The number of esters is 1. The molecular weight excluding hydrogens is 216 g/mol. The van der Waals surface area contributed by atoms with E-state index in [4.69, 9.17) is 4.74 Å². The van der Waals surface area contributed by atoms with Gasteiger partial charge in [-0.15, -0.1) is 0 Å². The van der Waals surface area contributed by atoms with Gasteiger partial charge in [0.2, 0.25) is 0 Å². The summed E-state index contributed by atoms with van der Waals surface area (Å²) >= 11 is 0. The average Bonchev–Trinajstić information content (AvgIpc) is 2.36. The van der Waals surface area contributed by atoms with E-state index in [2.05, 4.69) is 17.1 Å². The molecule has 0 aromatic carbocycles. The van der Waals surface area contributed by atoms with Crippen LogP contribution in [0.5, 0.6) is 0 Å². The van der Waals surface area contributed by atoms with E-state index in [1.54, 1.807) is 0 Å². The molecule has 0 amide bonds. The minimum atomic E-state index is -0.193. The molecule has 0 saturated carbocycles. The summed E-state index contributed by atoms with van der Waals surface area (Å²) in [7, 11) is 1.83. The highest BCUT2D eigenvalue weighted by Gasteiger charge is 2.26. The van der Waals surface area contributed by atoms with Gasteiger partial charge in [0.1, 0.15) is 6.04 Å². The topological polar surface area (TPSA) is 41.6 Å². The van der Waals surface area contributed by atoms with Crippen LogP contribution in [0.15, 0.2) is 0 Å². The molecule has 0 aromatic heterocycles. The van der Waals surface area contributed by atoms with Gasteiger partial charge in [-0.25, -0.2) is 0 Å². The Hall–Kier alpha value is -0.610. The van der Waals surface area contributed by atoms with E-state index in [1.165, 1.54) is 25.7 Å². The maximum absolute atomic E-state index is 11.7. The van der Waals surface area contributed by atoms with E-state index in [-0.39, 0.29) is 12.0 Å². The van der Waals surface area contributed by atoms with Gasteiger partial charge >= 0.3 is 5.97 Å². The first-order valence-electron chi connectivity index (χ1n) is 6.80. The molecule has 1 saturated heterocycles. The Morgan fingerprint density at radius 2 is 2.24 bits per heavy atom. The minimum absolute atomic E-state index is 0.129. The molecule has 0 aliphatic carbocycles. The van der Waals surface area contributed by atoms with Crippen LogP contribution in [0, 0.1) is 0 Å². The van der Waals surface area contributed by atoms with Crippen molar-refractivity contribution in [3.63, 3.8) is 0 Å². The van der Waals surface area contributed by atoms with Gasteiger partial charge < -0.3 is 10.1 Å². The third-order valence-corrected chi connectivity index (χ3v) is 3.56. The van der Waals surface area contributed by atoms with Crippen molar-refractivity contribution in [2.24, 2.45) is 0 Å². The van der Waals surface area contributed by atoms with E-state index in [0.717, 1.165) is 13.1 Å². The Morgan fingerprint density at radius 1 is 1.47 bits per heavy atom. The molecule has 0 bridgehead atoms. The number of piperidine rings is 1. The Bertz CT molecular complexity index is 233. The fourth-order valence-corrected chi connectivity index (χ4v) is 2.52. The number of likely N-dealkylation sites (tertiary alicyclic amines) is 1. The van der Waals surface area contributed by atoms with Crippen molar-refractivity contribution in [3.05, 3.63) is 0 Å². The van der Waals surface area contributed by atoms with E-state index in [1.807, 2.05) is 14.0 Å². The monoisotopic (exact) mass is 242 g/mol. The Labute approximate surface area is 105 Å². The van der Waals surface area contributed by atoms with Crippen molar-refractivity contribution in [1.29, 1.82) is 0 Å². The Kier molecular flexibility index (Phi) is 6.52. The standard InChI is InChI=1S/C13H26N2O2/c1-4-11-8-6-7-9-15(11)10-12(14-3)13(16)17-5-2/h11-12,14H,4-10H2,1-3H3. The largest absolute Gasteiger partial charge is 0.465 e. The first-order chi connectivity index (χ1) is 8.22. The second-order valence-corrected chi connectivity index (χ2v) is 4.65. The second-order valence-electron chi connectivity index (χ2n) is 4.65. The fourth-order valence-electron chi connectivity index (χ4n) is 2.52. The minimum Gasteiger partial charge on any atom is -0.465 e. The van der Waals surface area contributed by atoms with Crippen LogP contribution < -0.4 is 5.32 Å². The normalized spacial score (nSPS) is 23.4. The third-order valence-electron chi connectivity index (χ3n) is 3.56. The smallest absolute Gasteiger partial charge is 0.324 e. The maximum Gasteiger partial charge on any atom is 0.324 e. The lowest BCUT2D eigenvalue weighted by Gasteiger charge is -2.36. The molecular formula is C13H26N2O2. The molecule has 100 valence electrons. The predicted octanol–water partition coefficient (Wildman–Crippen LogP) is 1.40. The Balaban J connectivity index is 2.50. The number of carbonyl (C=O) groups excluding carboxylic acids is 1. The highest BCUT2D eigenvalue weighted by atomic mass is 16.5. The van der Waals surface area contributed by atoms with Gasteiger partial charge in [0.15, 0.2) is 0 Å². The number of rotatable bonds is 6. The average molecular weight is 242 g/mol. The highest BCUT2D eigenvalue weighted by molar-refractivity contribution is 5.76. The van der Waals surface area contributed by atoms with Gasteiger partial charge in [0.25, 0.3) is 0 Å². The summed E-state index contributed by atoms with van der Waals surface area (Å²) in [6.45, 7) is 6.40. The van der Waals surface area contributed by atoms with Gasteiger partial charge in [-0.2, -0.15) is 0 Å². The molecule has 4 nitrogen and oxygen atoms in total. The van der Waals surface area contributed by atoms with E-state index in [9.17, 15) is 4.79 Å². The van der Waals surface area contributed by atoms with Crippen LogP contribution in [0.4, 0.5) is 0 Å². The van der Waals surface area contributed by atoms with Crippen LogP contribution in [-0.4, -0.2) is 49.7 Å². The number of hydrogen-bond donors (Lipinski definition) is 1. The SMILES string of the molecule is CCOC(=O)C(CN1CCCCC1CC)NC. The lowest BCUT2D eigenvalue weighted by atomic mass is 9.99. The molecule has 1 fully saturated rings. The number of nitrogens with one attached hydrogen (secondary N) is 1. The van der Waals surface area contributed by atoms with Gasteiger partial charge in [-0.3, -0.25) is 9.69 Å². The zero-order valence-corrected chi connectivity index (χ0v) is 11.4. The maximum atomic E-state index is 11.7. The summed E-state index contributed by atoms with van der Waals surface area (Å²) in [5, 5.41) is 3.06. The molecule has 2 atom stereocenters. The number of ether oxygens (including phenoxy) is 1. The number of nitrogens with zero attached hydrogens (tertiary/aromatic N) is 1. The highest BCUT2D eigenvalue weighted by Crippen LogP contribution is 2.19. The fraction of sp³-hybridized carbons (Fsp3) is 0.923. The lowest BCUT2D eigenvalue weighted by molar-refractivity contribution is -0.146.